The quantitative estimate of drug-likeness (QED) is 0.898. The molecule has 0 aromatic heterocycles. The number of likely N-dealkylation sites (tertiary alicyclic amines) is 1. The number of carbonyl (C=O) groups is 1. The van der Waals surface area contributed by atoms with Crippen molar-refractivity contribution in [2.45, 2.75) is 19.1 Å². The van der Waals surface area contributed by atoms with Crippen molar-refractivity contribution < 1.29 is 14.3 Å². The third kappa shape index (κ3) is 4.37. The molecule has 2 heterocycles. The average molecular weight is 359 g/mol. The lowest BCUT2D eigenvalue weighted by molar-refractivity contribution is -0.119. The lowest BCUT2D eigenvalue weighted by Gasteiger charge is -2.33. The summed E-state index contributed by atoms with van der Waals surface area (Å²) in [4.78, 5) is 14.3. The van der Waals surface area contributed by atoms with Gasteiger partial charge in [0.25, 0.3) is 0 Å². The van der Waals surface area contributed by atoms with Crippen molar-refractivity contribution in [3.8, 4) is 0 Å². The van der Waals surface area contributed by atoms with Crippen LogP contribution < -0.4 is 5.32 Å². The number of nitrogens with zero attached hydrogens (tertiary/aromatic N) is 1. The fraction of sp³-hybridized carbons (Fsp3) is 0.562. The minimum atomic E-state index is -0.0824. The van der Waals surface area contributed by atoms with Gasteiger partial charge in [0, 0.05) is 5.92 Å². The monoisotopic (exact) mass is 358 g/mol. The molecule has 0 radical (unpaired) electrons. The van der Waals surface area contributed by atoms with Crippen LogP contribution in [-0.2, 0) is 14.3 Å². The summed E-state index contributed by atoms with van der Waals surface area (Å²) >= 11 is 12.0. The zero-order valence-corrected chi connectivity index (χ0v) is 14.3. The molecule has 0 bridgehead atoms. The fourth-order valence-corrected chi connectivity index (χ4v) is 3.37. The normalized spacial score (nSPS) is 20.8. The first-order chi connectivity index (χ1) is 11.1. The number of anilines is 1. The third-order valence-electron chi connectivity index (χ3n) is 4.26. The molecule has 2 saturated heterocycles. The number of benzene rings is 1. The number of nitrogens with one attached hydrogen (secondary N) is 1. The zero-order valence-electron chi connectivity index (χ0n) is 12.8. The van der Waals surface area contributed by atoms with E-state index in [1.807, 2.05) is 0 Å². The van der Waals surface area contributed by atoms with Crippen LogP contribution in [0.3, 0.4) is 0 Å². The maximum atomic E-state index is 12.2. The molecule has 0 unspecified atom stereocenters. The molecule has 1 aromatic rings. The molecular weight excluding hydrogens is 339 g/mol. The lowest BCUT2D eigenvalue weighted by Crippen LogP contribution is -2.41. The largest absolute Gasteiger partial charge is 0.350 e. The van der Waals surface area contributed by atoms with E-state index in [1.54, 1.807) is 18.2 Å². The topological polar surface area (TPSA) is 50.8 Å². The first kappa shape index (κ1) is 17.0. The molecule has 5 nitrogen and oxygen atoms in total. The maximum absolute atomic E-state index is 12.2. The highest BCUT2D eigenvalue weighted by Crippen LogP contribution is 2.30. The Morgan fingerprint density at radius 2 is 1.91 bits per heavy atom. The van der Waals surface area contributed by atoms with Crippen LogP contribution in [-0.4, -0.2) is 49.9 Å². The summed E-state index contributed by atoms with van der Waals surface area (Å²) in [5.41, 5.74) is 0.548. The molecule has 1 N–H and O–H groups in total. The first-order valence-electron chi connectivity index (χ1n) is 7.83. The summed E-state index contributed by atoms with van der Waals surface area (Å²) < 4.78 is 11.1. The van der Waals surface area contributed by atoms with Gasteiger partial charge in [-0.25, -0.2) is 0 Å². The fourth-order valence-electron chi connectivity index (χ4n) is 3.03. The Balaban J connectivity index is 1.46. The van der Waals surface area contributed by atoms with E-state index in [1.165, 1.54) is 0 Å². The molecule has 3 rings (SSSR count). The number of carbonyl (C=O) groups excluding carboxylic acids is 1. The van der Waals surface area contributed by atoms with Crippen molar-refractivity contribution in [1.82, 2.24) is 4.90 Å². The molecule has 0 saturated carbocycles. The first-order valence-corrected chi connectivity index (χ1v) is 8.58. The summed E-state index contributed by atoms with van der Waals surface area (Å²) in [6.07, 6.45) is 1.90. The Kier molecular flexibility index (Phi) is 5.77. The lowest BCUT2D eigenvalue weighted by atomic mass is 9.96. The Morgan fingerprint density at radius 1 is 1.22 bits per heavy atom. The number of halogens is 2. The van der Waals surface area contributed by atoms with E-state index < -0.39 is 0 Å². The number of hydrogen-bond acceptors (Lipinski definition) is 4. The zero-order chi connectivity index (χ0) is 16.2. The number of rotatable bonds is 4. The van der Waals surface area contributed by atoms with E-state index in [0.29, 0.717) is 41.4 Å². The van der Waals surface area contributed by atoms with Crippen molar-refractivity contribution in [2.24, 2.45) is 5.92 Å². The van der Waals surface area contributed by atoms with Crippen molar-refractivity contribution in [2.75, 3.05) is 38.2 Å². The van der Waals surface area contributed by atoms with E-state index in [4.69, 9.17) is 32.7 Å². The van der Waals surface area contributed by atoms with Crippen molar-refractivity contribution >= 4 is 34.8 Å². The second-order valence-corrected chi connectivity index (χ2v) is 6.66. The highest BCUT2D eigenvalue weighted by atomic mass is 35.5. The molecule has 1 aromatic carbocycles. The maximum Gasteiger partial charge on any atom is 0.238 e. The van der Waals surface area contributed by atoms with Gasteiger partial charge in [0.15, 0.2) is 6.29 Å². The highest BCUT2D eigenvalue weighted by Gasteiger charge is 2.30. The van der Waals surface area contributed by atoms with Gasteiger partial charge in [-0.3, -0.25) is 9.69 Å². The van der Waals surface area contributed by atoms with Crippen LogP contribution in [0.4, 0.5) is 5.69 Å². The van der Waals surface area contributed by atoms with Crippen LogP contribution in [0, 0.1) is 5.92 Å². The second-order valence-electron chi connectivity index (χ2n) is 5.87. The van der Waals surface area contributed by atoms with E-state index in [2.05, 4.69) is 10.2 Å². The molecule has 0 spiro atoms. The average Bonchev–Trinajstić information content (AvgIpc) is 3.07. The Bertz CT molecular complexity index is 556. The molecule has 0 aliphatic carbocycles. The van der Waals surface area contributed by atoms with Crippen molar-refractivity contribution in [3.63, 3.8) is 0 Å². The summed E-state index contributed by atoms with van der Waals surface area (Å²) in [6.45, 7) is 3.46. The summed E-state index contributed by atoms with van der Waals surface area (Å²) in [5.74, 6) is 0.347. The Morgan fingerprint density at radius 3 is 2.61 bits per heavy atom. The molecule has 2 aliphatic heterocycles. The Labute approximate surface area is 145 Å². The molecular formula is C16H20Cl2N2O3. The van der Waals surface area contributed by atoms with Crippen LogP contribution in [0.25, 0.3) is 0 Å². The number of piperidine rings is 1. The summed E-state index contributed by atoms with van der Waals surface area (Å²) in [5, 5.41) is 3.62. The van der Waals surface area contributed by atoms with Crippen LogP contribution in [0.5, 0.6) is 0 Å². The van der Waals surface area contributed by atoms with Gasteiger partial charge < -0.3 is 14.8 Å². The minimum absolute atomic E-state index is 0.0590. The van der Waals surface area contributed by atoms with E-state index in [9.17, 15) is 4.79 Å². The molecule has 23 heavy (non-hydrogen) atoms. The molecule has 1 amide bonds. The third-order valence-corrected chi connectivity index (χ3v) is 5.08. The second kappa shape index (κ2) is 7.81. The molecule has 0 atom stereocenters. The molecule has 126 valence electrons. The van der Waals surface area contributed by atoms with E-state index in [0.717, 1.165) is 25.9 Å². The number of ether oxygens (including phenoxy) is 2. The highest BCUT2D eigenvalue weighted by molar-refractivity contribution is 6.43. The molecule has 2 aliphatic rings. The van der Waals surface area contributed by atoms with Gasteiger partial charge in [0.1, 0.15) is 0 Å². The van der Waals surface area contributed by atoms with Gasteiger partial charge in [0.2, 0.25) is 5.91 Å². The number of amides is 1. The standard InChI is InChI=1S/C16H20Cl2N2O3/c17-12-2-1-3-13(15(12)18)19-14(21)10-20-6-4-11(5-7-20)16-22-8-9-23-16/h1-3,11,16H,4-10H2,(H,19,21). The number of hydrogen-bond donors (Lipinski definition) is 1. The predicted octanol–water partition coefficient (Wildman–Crippen LogP) is 3.02. The minimum Gasteiger partial charge on any atom is -0.350 e. The van der Waals surface area contributed by atoms with Crippen LogP contribution in [0.1, 0.15) is 12.8 Å². The SMILES string of the molecule is O=C(CN1CCC(C2OCCO2)CC1)Nc1cccc(Cl)c1Cl. The van der Waals surface area contributed by atoms with Crippen LogP contribution in [0.2, 0.25) is 10.0 Å². The predicted molar refractivity (Wildman–Crippen MR) is 89.9 cm³/mol. The van der Waals surface area contributed by atoms with E-state index in [-0.39, 0.29) is 12.2 Å². The molecule has 2 fully saturated rings. The molecule has 7 heteroatoms. The van der Waals surface area contributed by atoms with Gasteiger partial charge in [-0.1, -0.05) is 29.3 Å². The van der Waals surface area contributed by atoms with Crippen molar-refractivity contribution in [1.29, 1.82) is 0 Å². The summed E-state index contributed by atoms with van der Waals surface area (Å²) in [6, 6.07) is 5.20. The van der Waals surface area contributed by atoms with Gasteiger partial charge >= 0.3 is 0 Å². The van der Waals surface area contributed by atoms with Gasteiger partial charge in [0.05, 0.1) is 35.5 Å². The Hall–Kier alpha value is -0.850. The van der Waals surface area contributed by atoms with Crippen molar-refractivity contribution in [3.05, 3.63) is 28.2 Å². The van der Waals surface area contributed by atoms with Gasteiger partial charge in [-0.2, -0.15) is 0 Å². The van der Waals surface area contributed by atoms with E-state index >= 15 is 0 Å². The van der Waals surface area contributed by atoms with Gasteiger partial charge in [-0.15, -0.1) is 0 Å². The summed E-state index contributed by atoms with van der Waals surface area (Å²) in [7, 11) is 0. The van der Waals surface area contributed by atoms with Gasteiger partial charge in [-0.05, 0) is 38.1 Å². The van der Waals surface area contributed by atoms with Crippen LogP contribution in [0.15, 0.2) is 18.2 Å². The van der Waals surface area contributed by atoms with Crippen LogP contribution >= 0.6 is 23.2 Å². The smallest absolute Gasteiger partial charge is 0.238 e.